The standard InChI is InChI=1S/C9H9BF4NO2.K/c1-17-8-3-2-6(11)4-7(8)9(16)15-5-10(12,13)14;/h2-4H,5H2,1H3,(H,15,16);/q-1;+1. The van der Waals surface area contributed by atoms with E-state index in [-0.39, 0.29) is 62.7 Å². The van der Waals surface area contributed by atoms with Crippen molar-refractivity contribution in [3.05, 3.63) is 29.6 Å². The molecule has 0 saturated carbocycles. The van der Waals surface area contributed by atoms with Crippen LogP contribution in [0.4, 0.5) is 17.3 Å². The van der Waals surface area contributed by atoms with Crippen LogP contribution in [-0.2, 0) is 0 Å². The molecule has 0 fully saturated rings. The number of benzene rings is 1. The Morgan fingerprint density at radius 3 is 2.50 bits per heavy atom. The average molecular weight is 289 g/mol. The number of carbonyl (C=O) groups excluding carboxylic acids is 1. The van der Waals surface area contributed by atoms with Crippen molar-refractivity contribution in [2.45, 2.75) is 0 Å². The maximum atomic E-state index is 12.9. The molecule has 3 nitrogen and oxygen atoms in total. The van der Waals surface area contributed by atoms with E-state index in [2.05, 4.69) is 0 Å². The fraction of sp³-hybridized carbons (Fsp3) is 0.222. The number of carbonyl (C=O) groups is 1. The van der Waals surface area contributed by atoms with Gasteiger partial charge < -0.3 is 23.0 Å². The molecule has 1 amide bonds. The second-order valence-corrected chi connectivity index (χ2v) is 3.26. The molecule has 0 aliphatic rings. The summed E-state index contributed by atoms with van der Waals surface area (Å²) in [7, 11) is 1.23. The number of hydrogen-bond donors (Lipinski definition) is 1. The predicted octanol–water partition coefficient (Wildman–Crippen LogP) is -1.05. The van der Waals surface area contributed by atoms with E-state index in [1.165, 1.54) is 13.2 Å². The van der Waals surface area contributed by atoms with Crippen LogP contribution in [0, 0.1) is 5.82 Å². The van der Waals surface area contributed by atoms with Crippen molar-refractivity contribution in [3.63, 3.8) is 0 Å². The van der Waals surface area contributed by atoms with Crippen LogP contribution >= 0.6 is 0 Å². The number of nitrogens with one attached hydrogen (secondary N) is 1. The van der Waals surface area contributed by atoms with Gasteiger partial charge >= 0.3 is 58.4 Å². The molecule has 0 radical (unpaired) electrons. The van der Waals surface area contributed by atoms with Crippen molar-refractivity contribution in [1.29, 1.82) is 0 Å². The summed E-state index contributed by atoms with van der Waals surface area (Å²) >= 11 is 0. The van der Waals surface area contributed by atoms with Crippen LogP contribution in [0.3, 0.4) is 0 Å². The van der Waals surface area contributed by atoms with Crippen molar-refractivity contribution < 1.29 is 78.3 Å². The van der Waals surface area contributed by atoms with Crippen molar-refractivity contribution >= 4 is 12.9 Å². The summed E-state index contributed by atoms with van der Waals surface area (Å²) in [6.45, 7) is -5.12. The molecule has 0 heterocycles. The Morgan fingerprint density at radius 1 is 1.39 bits per heavy atom. The first-order chi connectivity index (χ1) is 7.83. The largest absolute Gasteiger partial charge is 1.00 e. The summed E-state index contributed by atoms with van der Waals surface area (Å²) < 4.78 is 53.4. The molecule has 0 aliphatic carbocycles. The molecule has 94 valence electrons. The van der Waals surface area contributed by atoms with Crippen LogP contribution in [0.1, 0.15) is 10.4 Å². The first-order valence-corrected chi connectivity index (χ1v) is 4.66. The molecule has 0 aliphatic heterocycles. The third-order valence-electron chi connectivity index (χ3n) is 1.90. The topological polar surface area (TPSA) is 38.3 Å². The van der Waals surface area contributed by atoms with Gasteiger partial charge in [0.15, 0.2) is 0 Å². The van der Waals surface area contributed by atoms with Crippen LogP contribution < -0.4 is 61.4 Å². The summed E-state index contributed by atoms with van der Waals surface area (Å²) in [4.78, 5) is 11.4. The smallest absolute Gasteiger partial charge is 0.496 e. The van der Waals surface area contributed by atoms with Gasteiger partial charge in [0.2, 0.25) is 0 Å². The molecule has 0 bridgehead atoms. The minimum Gasteiger partial charge on any atom is -0.496 e. The van der Waals surface area contributed by atoms with Gasteiger partial charge in [-0.2, -0.15) is 0 Å². The Kier molecular flexibility index (Phi) is 7.45. The van der Waals surface area contributed by atoms with Crippen LogP contribution in [-0.4, -0.2) is 26.4 Å². The number of hydrogen-bond acceptors (Lipinski definition) is 2. The minimum atomic E-state index is -5.12. The van der Waals surface area contributed by atoms with E-state index < -0.39 is 25.1 Å². The summed E-state index contributed by atoms with van der Waals surface area (Å²) in [6.07, 6.45) is -1.42. The molecule has 0 saturated heterocycles. The number of amides is 1. The Bertz CT molecular complexity index is 428. The minimum absolute atomic E-state index is 0. The van der Waals surface area contributed by atoms with E-state index in [4.69, 9.17) is 4.74 Å². The van der Waals surface area contributed by atoms with Crippen molar-refractivity contribution in [2.75, 3.05) is 13.6 Å². The molecule has 0 unspecified atom stereocenters. The molecule has 9 heteroatoms. The summed E-state index contributed by atoms with van der Waals surface area (Å²) in [5, 5.41) is 1.66. The molecule has 1 N–H and O–H groups in total. The average Bonchev–Trinajstić information content (AvgIpc) is 2.25. The van der Waals surface area contributed by atoms with Crippen molar-refractivity contribution in [2.24, 2.45) is 0 Å². The van der Waals surface area contributed by atoms with Gasteiger partial charge in [0.05, 0.1) is 12.7 Å². The van der Waals surface area contributed by atoms with E-state index in [1.807, 2.05) is 0 Å². The molecule has 18 heavy (non-hydrogen) atoms. The van der Waals surface area contributed by atoms with Gasteiger partial charge in [0.25, 0.3) is 5.91 Å². The van der Waals surface area contributed by atoms with Gasteiger partial charge in [0.1, 0.15) is 11.6 Å². The van der Waals surface area contributed by atoms with Crippen LogP contribution in [0.5, 0.6) is 5.75 Å². The Labute approximate surface area is 144 Å². The SMILES string of the molecule is COc1ccc(F)cc1C(=O)NC[B-](F)(F)F.[K+]. The summed E-state index contributed by atoms with van der Waals surface area (Å²) in [5.41, 5.74) is -0.271. The molecule has 1 aromatic rings. The van der Waals surface area contributed by atoms with E-state index in [0.717, 1.165) is 12.1 Å². The fourth-order valence-electron chi connectivity index (χ4n) is 1.16. The first kappa shape index (κ1) is 17.9. The van der Waals surface area contributed by atoms with Crippen molar-refractivity contribution in [1.82, 2.24) is 5.32 Å². The van der Waals surface area contributed by atoms with Crippen LogP contribution in [0.2, 0.25) is 0 Å². The van der Waals surface area contributed by atoms with E-state index in [9.17, 15) is 22.1 Å². The van der Waals surface area contributed by atoms with Gasteiger partial charge in [0, 0.05) is 0 Å². The number of methoxy groups -OCH3 is 1. The van der Waals surface area contributed by atoms with Crippen LogP contribution in [0.25, 0.3) is 0 Å². The first-order valence-electron chi connectivity index (χ1n) is 4.66. The summed E-state index contributed by atoms with van der Waals surface area (Å²) in [5.74, 6) is -1.74. The molecule has 0 aromatic heterocycles. The van der Waals surface area contributed by atoms with Gasteiger partial charge in [-0.05, 0) is 24.6 Å². The zero-order valence-electron chi connectivity index (χ0n) is 9.84. The maximum Gasteiger partial charge on any atom is 1.00 e. The molecule has 0 atom stereocenters. The van der Waals surface area contributed by atoms with Crippen molar-refractivity contribution in [3.8, 4) is 5.75 Å². The monoisotopic (exact) mass is 289 g/mol. The van der Waals surface area contributed by atoms with E-state index >= 15 is 0 Å². The fourth-order valence-corrected chi connectivity index (χ4v) is 1.16. The quantitative estimate of drug-likeness (QED) is 0.568. The summed E-state index contributed by atoms with van der Waals surface area (Å²) in [6, 6.07) is 3.03. The molecular formula is C9H9BF4KNO2. The second-order valence-electron chi connectivity index (χ2n) is 3.26. The normalized spacial score (nSPS) is 10.5. The Morgan fingerprint density at radius 2 is 2.00 bits per heavy atom. The van der Waals surface area contributed by atoms with E-state index in [1.54, 1.807) is 5.32 Å². The molecule has 1 aromatic carbocycles. The maximum absolute atomic E-state index is 12.9. The Hall–Kier alpha value is -0.0887. The van der Waals surface area contributed by atoms with Gasteiger partial charge in [-0.15, -0.1) is 0 Å². The zero-order chi connectivity index (χ0) is 13.1. The number of rotatable bonds is 4. The third kappa shape index (κ3) is 5.70. The number of ether oxygens (including phenoxy) is 1. The van der Waals surface area contributed by atoms with Gasteiger partial charge in [-0.3, -0.25) is 4.79 Å². The molecular weight excluding hydrogens is 280 g/mol. The zero-order valence-corrected chi connectivity index (χ0v) is 13.0. The molecule has 0 spiro atoms. The predicted molar refractivity (Wildman–Crippen MR) is 54.4 cm³/mol. The van der Waals surface area contributed by atoms with Gasteiger partial charge in [-0.1, -0.05) is 0 Å². The Balaban J connectivity index is 0.00000289. The molecule has 1 rings (SSSR count). The number of halogens is 4. The van der Waals surface area contributed by atoms with E-state index in [0.29, 0.717) is 0 Å². The van der Waals surface area contributed by atoms with Gasteiger partial charge in [-0.25, -0.2) is 4.39 Å². The third-order valence-corrected chi connectivity index (χ3v) is 1.90. The van der Waals surface area contributed by atoms with Crippen LogP contribution in [0.15, 0.2) is 18.2 Å². The second kappa shape index (κ2) is 7.49.